The monoisotopic (exact) mass is 356 g/mol. The summed E-state index contributed by atoms with van der Waals surface area (Å²) in [5.74, 6) is 0.626. The molecule has 0 saturated carbocycles. The summed E-state index contributed by atoms with van der Waals surface area (Å²) in [6.45, 7) is 2.42. The molecule has 1 fully saturated rings. The molecule has 0 aromatic heterocycles. The molecule has 2 aliphatic heterocycles. The fourth-order valence-electron chi connectivity index (χ4n) is 2.52. The number of nitrogens with one attached hydrogen (secondary N) is 1. The topological polar surface area (TPSA) is 94.2 Å². The van der Waals surface area contributed by atoms with E-state index < -0.39 is 10.0 Å². The maximum atomic E-state index is 12.2. The van der Waals surface area contributed by atoms with E-state index in [0.29, 0.717) is 56.7 Å². The number of hydrogen-bond acceptors (Lipinski definition) is 6. The Morgan fingerprint density at radius 2 is 1.79 bits per heavy atom. The van der Waals surface area contributed by atoms with Gasteiger partial charge in [-0.15, -0.1) is 0 Å². The zero-order valence-corrected chi connectivity index (χ0v) is 14.0. The van der Waals surface area contributed by atoms with Crippen molar-refractivity contribution in [3.8, 4) is 11.5 Å². The number of ether oxygens (including phenoxy) is 3. The molecule has 3 rings (SSSR count). The fourth-order valence-corrected chi connectivity index (χ4v) is 3.93. The highest BCUT2D eigenvalue weighted by Crippen LogP contribution is 2.32. The molecule has 1 saturated heterocycles. The van der Waals surface area contributed by atoms with Crippen LogP contribution in [0.4, 0.5) is 5.69 Å². The third-order valence-electron chi connectivity index (χ3n) is 3.78. The van der Waals surface area contributed by atoms with Gasteiger partial charge in [0.2, 0.25) is 15.9 Å². The van der Waals surface area contributed by atoms with Crippen molar-refractivity contribution in [2.24, 2.45) is 0 Å². The number of rotatable bonds is 5. The van der Waals surface area contributed by atoms with Gasteiger partial charge in [0.25, 0.3) is 0 Å². The number of morpholine rings is 1. The van der Waals surface area contributed by atoms with Crippen LogP contribution in [0.2, 0.25) is 0 Å². The van der Waals surface area contributed by atoms with Gasteiger partial charge in [-0.1, -0.05) is 0 Å². The van der Waals surface area contributed by atoms with Crippen molar-refractivity contribution in [3.63, 3.8) is 0 Å². The number of fused-ring (bicyclic) bond motifs is 1. The summed E-state index contributed by atoms with van der Waals surface area (Å²) in [4.78, 5) is 12.0. The van der Waals surface area contributed by atoms with Crippen molar-refractivity contribution in [2.45, 2.75) is 6.42 Å². The molecule has 0 atom stereocenters. The number of nitrogens with zero attached hydrogens (tertiary/aromatic N) is 1. The number of carbonyl (C=O) groups excluding carboxylic acids is 1. The van der Waals surface area contributed by atoms with Crippen LogP contribution in [0.5, 0.6) is 11.5 Å². The van der Waals surface area contributed by atoms with Crippen LogP contribution >= 0.6 is 0 Å². The Hall–Kier alpha value is -1.84. The molecule has 0 radical (unpaired) electrons. The molecular weight excluding hydrogens is 336 g/mol. The number of amides is 1. The van der Waals surface area contributed by atoms with Gasteiger partial charge in [0, 0.05) is 31.3 Å². The molecule has 2 aliphatic rings. The van der Waals surface area contributed by atoms with Gasteiger partial charge in [0.1, 0.15) is 13.2 Å². The first-order valence-corrected chi connectivity index (χ1v) is 9.40. The molecule has 1 aromatic rings. The van der Waals surface area contributed by atoms with Gasteiger partial charge in [-0.3, -0.25) is 4.79 Å². The molecule has 8 nitrogen and oxygen atoms in total. The van der Waals surface area contributed by atoms with Gasteiger partial charge >= 0.3 is 0 Å². The highest BCUT2D eigenvalue weighted by molar-refractivity contribution is 7.89. The van der Waals surface area contributed by atoms with Crippen molar-refractivity contribution < 1.29 is 27.4 Å². The molecule has 0 bridgehead atoms. The lowest BCUT2D eigenvalue weighted by molar-refractivity contribution is -0.115. The van der Waals surface area contributed by atoms with E-state index in [9.17, 15) is 13.2 Å². The van der Waals surface area contributed by atoms with Crippen LogP contribution in [0.25, 0.3) is 0 Å². The molecule has 1 N–H and O–H groups in total. The van der Waals surface area contributed by atoms with Crippen LogP contribution in [-0.2, 0) is 19.6 Å². The molecule has 2 heterocycles. The molecule has 132 valence electrons. The first kappa shape index (κ1) is 17.0. The second kappa shape index (κ2) is 7.37. The number of benzene rings is 1. The minimum absolute atomic E-state index is 0.103. The van der Waals surface area contributed by atoms with Crippen molar-refractivity contribution in [1.29, 1.82) is 0 Å². The summed E-state index contributed by atoms with van der Waals surface area (Å²) in [6, 6.07) is 5.08. The fraction of sp³-hybridized carbons (Fsp3) is 0.533. The summed E-state index contributed by atoms with van der Waals surface area (Å²) < 4.78 is 41.7. The van der Waals surface area contributed by atoms with E-state index in [-0.39, 0.29) is 18.1 Å². The smallest absolute Gasteiger partial charge is 0.225 e. The van der Waals surface area contributed by atoms with E-state index in [4.69, 9.17) is 14.2 Å². The quantitative estimate of drug-likeness (QED) is 0.823. The Morgan fingerprint density at radius 3 is 2.54 bits per heavy atom. The SMILES string of the molecule is O=C(CCS(=O)(=O)N1CCOCC1)Nc1ccc2c(c1)OCCO2. The summed E-state index contributed by atoms with van der Waals surface area (Å²) in [6.07, 6.45) is -0.103. The Bertz CT molecular complexity index is 700. The molecule has 0 unspecified atom stereocenters. The lowest BCUT2D eigenvalue weighted by Gasteiger charge is -2.25. The van der Waals surface area contributed by atoms with Crippen LogP contribution in [0, 0.1) is 0 Å². The number of sulfonamides is 1. The van der Waals surface area contributed by atoms with Crippen molar-refractivity contribution >= 4 is 21.6 Å². The van der Waals surface area contributed by atoms with Gasteiger partial charge in [-0.25, -0.2) is 8.42 Å². The molecule has 1 amide bonds. The van der Waals surface area contributed by atoms with E-state index in [1.165, 1.54) is 4.31 Å². The third-order valence-corrected chi connectivity index (χ3v) is 5.65. The lowest BCUT2D eigenvalue weighted by Crippen LogP contribution is -2.42. The largest absolute Gasteiger partial charge is 0.486 e. The van der Waals surface area contributed by atoms with Crippen molar-refractivity contribution in [3.05, 3.63) is 18.2 Å². The summed E-state index contributed by atoms with van der Waals surface area (Å²) in [5, 5.41) is 2.69. The first-order valence-electron chi connectivity index (χ1n) is 7.80. The number of hydrogen-bond donors (Lipinski definition) is 1. The summed E-state index contributed by atoms with van der Waals surface area (Å²) in [5.41, 5.74) is 0.549. The standard InChI is InChI=1S/C15H20N2O6S/c18-15(3-10-24(19,20)17-4-6-21-7-5-17)16-12-1-2-13-14(11-12)23-9-8-22-13/h1-2,11H,3-10H2,(H,16,18). The predicted octanol–water partition coefficient (Wildman–Crippen LogP) is 0.448. The van der Waals surface area contributed by atoms with Crippen molar-refractivity contribution in [1.82, 2.24) is 4.31 Å². The second-order valence-corrected chi connectivity index (χ2v) is 7.57. The molecule has 0 spiro atoms. The van der Waals surface area contributed by atoms with E-state index in [1.54, 1.807) is 18.2 Å². The van der Waals surface area contributed by atoms with Crippen molar-refractivity contribution in [2.75, 3.05) is 50.6 Å². The van der Waals surface area contributed by atoms with Gasteiger partial charge in [0.15, 0.2) is 11.5 Å². The molecule has 0 aliphatic carbocycles. The zero-order valence-electron chi connectivity index (χ0n) is 13.2. The normalized spacial score (nSPS) is 18.2. The average molecular weight is 356 g/mol. The minimum atomic E-state index is -3.44. The average Bonchev–Trinajstić information content (AvgIpc) is 2.61. The van der Waals surface area contributed by atoms with Crippen LogP contribution < -0.4 is 14.8 Å². The zero-order chi connectivity index (χ0) is 17.0. The summed E-state index contributed by atoms with van der Waals surface area (Å²) >= 11 is 0. The third kappa shape index (κ3) is 4.16. The predicted molar refractivity (Wildman–Crippen MR) is 86.9 cm³/mol. The Morgan fingerprint density at radius 1 is 1.08 bits per heavy atom. The van der Waals surface area contributed by atoms with Crippen LogP contribution in [0.3, 0.4) is 0 Å². The second-order valence-electron chi connectivity index (χ2n) is 5.48. The lowest BCUT2D eigenvalue weighted by atomic mass is 10.2. The number of anilines is 1. The minimum Gasteiger partial charge on any atom is -0.486 e. The Kier molecular flexibility index (Phi) is 5.22. The van der Waals surface area contributed by atoms with Crippen LogP contribution in [0.1, 0.15) is 6.42 Å². The molecule has 24 heavy (non-hydrogen) atoms. The highest BCUT2D eigenvalue weighted by Gasteiger charge is 2.25. The Labute approximate surface area is 140 Å². The van der Waals surface area contributed by atoms with E-state index in [0.717, 1.165) is 0 Å². The molecule has 9 heteroatoms. The molecular formula is C15H20N2O6S. The van der Waals surface area contributed by atoms with Crippen LogP contribution in [0.15, 0.2) is 18.2 Å². The van der Waals surface area contributed by atoms with E-state index in [1.807, 2.05) is 0 Å². The first-order chi connectivity index (χ1) is 11.5. The number of carbonyl (C=O) groups is 1. The van der Waals surface area contributed by atoms with Gasteiger partial charge in [-0.05, 0) is 12.1 Å². The van der Waals surface area contributed by atoms with E-state index in [2.05, 4.69) is 5.32 Å². The van der Waals surface area contributed by atoms with Crippen LogP contribution in [-0.4, -0.2) is 63.9 Å². The maximum Gasteiger partial charge on any atom is 0.225 e. The van der Waals surface area contributed by atoms with Gasteiger partial charge in [0.05, 0.1) is 19.0 Å². The van der Waals surface area contributed by atoms with Gasteiger partial charge < -0.3 is 19.5 Å². The molecule has 1 aromatic carbocycles. The Balaban J connectivity index is 1.54. The maximum absolute atomic E-state index is 12.2. The highest BCUT2D eigenvalue weighted by atomic mass is 32.2. The summed E-state index contributed by atoms with van der Waals surface area (Å²) in [7, 11) is -3.44. The van der Waals surface area contributed by atoms with Gasteiger partial charge in [-0.2, -0.15) is 4.31 Å². The van der Waals surface area contributed by atoms with E-state index >= 15 is 0 Å².